The second-order valence-corrected chi connectivity index (χ2v) is 7.63. The molecular formula is C18H18ClF3N4OS. The van der Waals surface area contributed by atoms with Gasteiger partial charge in [-0.15, -0.1) is 23.7 Å². The highest BCUT2D eigenvalue weighted by Crippen LogP contribution is 2.35. The Morgan fingerprint density at radius 1 is 1.18 bits per heavy atom. The van der Waals surface area contributed by atoms with Gasteiger partial charge in [0.25, 0.3) is 0 Å². The van der Waals surface area contributed by atoms with Gasteiger partial charge in [0.2, 0.25) is 5.89 Å². The molecule has 28 heavy (non-hydrogen) atoms. The van der Waals surface area contributed by atoms with Crippen LogP contribution in [-0.2, 0) is 18.1 Å². The minimum Gasteiger partial charge on any atom is -0.339 e. The number of hydrogen-bond acceptors (Lipinski definition) is 6. The maximum atomic E-state index is 12.9. The zero-order valence-electron chi connectivity index (χ0n) is 14.7. The highest BCUT2D eigenvalue weighted by atomic mass is 35.5. The highest BCUT2D eigenvalue weighted by molar-refractivity contribution is 7.13. The lowest BCUT2D eigenvalue weighted by Gasteiger charge is -2.17. The van der Waals surface area contributed by atoms with Crippen LogP contribution in [0.5, 0.6) is 0 Å². The lowest BCUT2D eigenvalue weighted by atomic mass is 9.99. The highest BCUT2D eigenvalue weighted by Gasteiger charge is 2.36. The van der Waals surface area contributed by atoms with Crippen molar-refractivity contribution in [2.24, 2.45) is 5.73 Å². The van der Waals surface area contributed by atoms with E-state index in [1.807, 2.05) is 0 Å². The molecule has 5 nitrogen and oxygen atoms in total. The molecule has 2 N–H and O–H groups in total. The second-order valence-electron chi connectivity index (χ2n) is 6.77. The van der Waals surface area contributed by atoms with E-state index in [1.54, 1.807) is 11.4 Å². The van der Waals surface area contributed by atoms with E-state index in [0.717, 1.165) is 37.8 Å². The Balaban J connectivity index is 0.00000225. The van der Waals surface area contributed by atoms with Gasteiger partial charge in [0.05, 0.1) is 23.2 Å². The molecule has 3 aromatic rings. The molecule has 0 saturated heterocycles. The molecule has 2 aromatic heterocycles. The minimum atomic E-state index is -4.38. The average Bonchev–Trinajstić information content (AvgIpc) is 3.36. The van der Waals surface area contributed by atoms with E-state index >= 15 is 0 Å². The standard InChI is InChI=1S/C18H17F3N4OS.ClH/c19-18(20,21)12-5-3-4-11(8-12)15-23-13(10-27-15)9-14-24-16(25-26-14)17(22)6-1-2-7-17;/h3-5,8,10H,1-2,6-7,9,22H2;1H. The Morgan fingerprint density at radius 3 is 2.64 bits per heavy atom. The molecule has 2 heterocycles. The molecule has 4 rings (SSSR count). The van der Waals surface area contributed by atoms with Gasteiger partial charge in [-0.1, -0.05) is 30.1 Å². The quantitative estimate of drug-likeness (QED) is 0.633. The van der Waals surface area contributed by atoms with Gasteiger partial charge in [-0.05, 0) is 25.0 Å². The monoisotopic (exact) mass is 430 g/mol. The summed E-state index contributed by atoms with van der Waals surface area (Å²) in [6, 6.07) is 5.14. The van der Waals surface area contributed by atoms with Gasteiger partial charge in [-0.3, -0.25) is 0 Å². The zero-order chi connectivity index (χ0) is 19.1. The molecule has 10 heteroatoms. The SMILES string of the molecule is Cl.NC1(c2noc(Cc3csc(-c4cccc(C(F)(F)F)c4)n3)n2)CCCC1. The third-order valence-electron chi connectivity index (χ3n) is 4.73. The first-order chi connectivity index (χ1) is 12.8. The number of hydrogen-bond donors (Lipinski definition) is 1. The van der Waals surface area contributed by atoms with Gasteiger partial charge in [0.1, 0.15) is 5.01 Å². The molecule has 1 aliphatic rings. The van der Waals surface area contributed by atoms with Crippen molar-refractivity contribution in [3.63, 3.8) is 0 Å². The smallest absolute Gasteiger partial charge is 0.339 e. The summed E-state index contributed by atoms with van der Waals surface area (Å²) in [6.07, 6.45) is -0.294. The van der Waals surface area contributed by atoms with Crippen molar-refractivity contribution in [2.45, 2.75) is 43.8 Å². The fourth-order valence-corrected chi connectivity index (χ4v) is 4.08. The predicted octanol–water partition coefficient (Wildman–Crippen LogP) is 4.95. The predicted molar refractivity (Wildman–Crippen MR) is 101 cm³/mol. The van der Waals surface area contributed by atoms with E-state index in [0.29, 0.717) is 34.4 Å². The first-order valence-corrected chi connectivity index (χ1v) is 9.45. The van der Waals surface area contributed by atoms with Crippen molar-refractivity contribution >= 4 is 23.7 Å². The second kappa shape index (κ2) is 7.81. The molecule has 0 radical (unpaired) electrons. The van der Waals surface area contributed by atoms with Crippen molar-refractivity contribution in [2.75, 3.05) is 0 Å². The van der Waals surface area contributed by atoms with Crippen LogP contribution in [0.2, 0.25) is 0 Å². The van der Waals surface area contributed by atoms with Gasteiger partial charge in [0.15, 0.2) is 5.82 Å². The Bertz CT molecular complexity index is 950. The van der Waals surface area contributed by atoms with Gasteiger partial charge in [-0.2, -0.15) is 18.2 Å². The van der Waals surface area contributed by atoms with Crippen LogP contribution < -0.4 is 5.73 Å². The molecule has 1 aromatic carbocycles. The lowest BCUT2D eigenvalue weighted by Crippen LogP contribution is -2.34. The molecule has 1 fully saturated rings. The summed E-state index contributed by atoms with van der Waals surface area (Å²) in [5, 5.41) is 6.31. The molecule has 0 amide bonds. The Kier molecular flexibility index (Phi) is 5.79. The molecule has 1 aliphatic carbocycles. The van der Waals surface area contributed by atoms with Crippen LogP contribution in [0.4, 0.5) is 13.2 Å². The van der Waals surface area contributed by atoms with Crippen molar-refractivity contribution in [1.29, 1.82) is 0 Å². The number of nitrogens with zero attached hydrogens (tertiary/aromatic N) is 3. The maximum Gasteiger partial charge on any atom is 0.416 e. The fourth-order valence-electron chi connectivity index (χ4n) is 3.26. The number of alkyl halides is 3. The molecule has 0 bridgehead atoms. The Morgan fingerprint density at radius 2 is 1.93 bits per heavy atom. The largest absolute Gasteiger partial charge is 0.416 e. The van der Waals surface area contributed by atoms with Crippen LogP contribution in [0.15, 0.2) is 34.2 Å². The van der Waals surface area contributed by atoms with E-state index in [2.05, 4.69) is 15.1 Å². The van der Waals surface area contributed by atoms with Crippen molar-refractivity contribution in [3.8, 4) is 10.6 Å². The van der Waals surface area contributed by atoms with E-state index < -0.39 is 17.3 Å². The van der Waals surface area contributed by atoms with Gasteiger partial charge >= 0.3 is 6.18 Å². The third-order valence-corrected chi connectivity index (χ3v) is 5.67. The minimum absolute atomic E-state index is 0. The molecular weight excluding hydrogens is 413 g/mol. The van der Waals surface area contributed by atoms with E-state index in [-0.39, 0.29) is 12.4 Å². The van der Waals surface area contributed by atoms with Crippen LogP contribution in [0.3, 0.4) is 0 Å². The lowest BCUT2D eigenvalue weighted by molar-refractivity contribution is -0.137. The summed E-state index contributed by atoms with van der Waals surface area (Å²) in [6.45, 7) is 0. The molecule has 1 saturated carbocycles. The maximum absolute atomic E-state index is 12.9. The average molecular weight is 431 g/mol. The van der Waals surface area contributed by atoms with Crippen LogP contribution in [0, 0.1) is 0 Å². The van der Waals surface area contributed by atoms with Crippen LogP contribution in [-0.4, -0.2) is 15.1 Å². The fraction of sp³-hybridized carbons (Fsp3) is 0.389. The number of halogens is 4. The summed E-state index contributed by atoms with van der Waals surface area (Å²) < 4.78 is 43.9. The van der Waals surface area contributed by atoms with Crippen LogP contribution >= 0.6 is 23.7 Å². The van der Waals surface area contributed by atoms with E-state index in [4.69, 9.17) is 10.3 Å². The van der Waals surface area contributed by atoms with Crippen molar-refractivity contribution in [3.05, 3.63) is 52.6 Å². The normalized spacial score (nSPS) is 16.1. The first kappa shape index (κ1) is 20.8. The van der Waals surface area contributed by atoms with Gasteiger partial charge in [0, 0.05) is 10.9 Å². The summed E-state index contributed by atoms with van der Waals surface area (Å²) >= 11 is 1.28. The number of aromatic nitrogens is 3. The summed E-state index contributed by atoms with van der Waals surface area (Å²) in [5.41, 5.74) is 6.21. The first-order valence-electron chi connectivity index (χ1n) is 8.57. The summed E-state index contributed by atoms with van der Waals surface area (Å²) in [5.74, 6) is 0.922. The van der Waals surface area contributed by atoms with Crippen LogP contribution in [0.25, 0.3) is 10.6 Å². The number of thiazole rings is 1. The topological polar surface area (TPSA) is 77.8 Å². The molecule has 150 valence electrons. The van der Waals surface area contributed by atoms with E-state index in [1.165, 1.54) is 17.4 Å². The van der Waals surface area contributed by atoms with Crippen molar-refractivity contribution in [1.82, 2.24) is 15.1 Å². The third kappa shape index (κ3) is 4.21. The van der Waals surface area contributed by atoms with Crippen molar-refractivity contribution < 1.29 is 17.7 Å². The Hall–Kier alpha value is -1.97. The zero-order valence-corrected chi connectivity index (χ0v) is 16.3. The molecule has 0 atom stereocenters. The number of rotatable bonds is 4. The van der Waals surface area contributed by atoms with E-state index in [9.17, 15) is 13.2 Å². The number of benzene rings is 1. The summed E-state index contributed by atoms with van der Waals surface area (Å²) in [7, 11) is 0. The molecule has 0 aliphatic heterocycles. The Labute approximate surface area is 169 Å². The molecule has 0 unspecified atom stereocenters. The van der Waals surface area contributed by atoms with Crippen LogP contribution in [0.1, 0.15) is 48.7 Å². The number of nitrogens with two attached hydrogens (primary N) is 1. The van der Waals surface area contributed by atoms with Gasteiger partial charge in [-0.25, -0.2) is 4.98 Å². The molecule has 0 spiro atoms. The summed E-state index contributed by atoms with van der Waals surface area (Å²) in [4.78, 5) is 8.82. The van der Waals surface area contributed by atoms with Gasteiger partial charge < -0.3 is 10.3 Å².